The molecule has 134 valence electrons. The molecule has 0 aliphatic rings. The lowest BCUT2D eigenvalue weighted by molar-refractivity contribution is 0.801. The first-order valence-electron chi connectivity index (χ1n) is 8.30. The van der Waals surface area contributed by atoms with Gasteiger partial charge in [-0.25, -0.2) is 4.68 Å². The number of para-hydroxylation sites is 1. The zero-order valence-corrected chi connectivity index (χ0v) is 17.2. The molecule has 2 N–H and O–H groups in total. The first-order valence-corrected chi connectivity index (χ1v) is 8.30. The van der Waals surface area contributed by atoms with E-state index in [2.05, 4.69) is 51.9 Å². The van der Waals surface area contributed by atoms with Gasteiger partial charge in [0.15, 0.2) is 5.96 Å². The summed E-state index contributed by atoms with van der Waals surface area (Å²) in [6, 6.07) is 10.2. The molecule has 0 aliphatic heterocycles. The van der Waals surface area contributed by atoms with E-state index >= 15 is 0 Å². The summed E-state index contributed by atoms with van der Waals surface area (Å²) in [4.78, 5) is 4.53. The highest BCUT2D eigenvalue weighted by Gasteiger charge is 2.06. The van der Waals surface area contributed by atoms with Gasteiger partial charge in [0.1, 0.15) is 0 Å². The maximum Gasteiger partial charge on any atom is 0.192 e. The first-order chi connectivity index (χ1) is 11.7. The molecule has 1 aromatic carbocycles. The number of rotatable bonds is 7. The molecule has 0 saturated carbocycles. The number of aryl methyl sites for hydroxylation is 2. The Labute approximate surface area is 167 Å². The Morgan fingerprint density at radius 2 is 2.04 bits per heavy atom. The summed E-state index contributed by atoms with van der Waals surface area (Å²) in [7, 11) is 0. The van der Waals surface area contributed by atoms with Crippen molar-refractivity contribution in [3.05, 3.63) is 47.8 Å². The normalized spacial score (nSPS) is 10.7. The summed E-state index contributed by atoms with van der Waals surface area (Å²) < 4.78 is 1.94. The van der Waals surface area contributed by atoms with E-state index in [4.69, 9.17) is 6.42 Å². The van der Waals surface area contributed by atoms with E-state index in [1.165, 1.54) is 5.56 Å². The number of aromatic nitrogens is 2. The zero-order valence-electron chi connectivity index (χ0n) is 14.8. The Hall–Kier alpha value is -2.01. The molecule has 2 aromatic rings. The summed E-state index contributed by atoms with van der Waals surface area (Å²) in [5.74, 6) is 3.33. The van der Waals surface area contributed by atoms with Crippen molar-refractivity contribution in [2.75, 3.05) is 19.6 Å². The number of halogens is 1. The molecule has 0 radical (unpaired) electrons. The lowest BCUT2D eigenvalue weighted by atomic mass is 10.1. The molecule has 0 saturated heterocycles. The molecule has 1 heterocycles. The SMILES string of the molecule is C#CCNC(=NCCCc1cn(-c2ccccc2)nc1C)NCC.I. The molecule has 0 bridgehead atoms. The van der Waals surface area contributed by atoms with Crippen LogP contribution in [0.1, 0.15) is 24.6 Å². The van der Waals surface area contributed by atoms with Gasteiger partial charge in [-0.1, -0.05) is 24.1 Å². The number of benzene rings is 1. The third-order valence-corrected chi connectivity index (χ3v) is 3.60. The van der Waals surface area contributed by atoms with Gasteiger partial charge >= 0.3 is 0 Å². The molecule has 5 nitrogen and oxygen atoms in total. The first kappa shape index (κ1) is 21.0. The standard InChI is InChI=1S/C19H25N5.HI/c1-4-13-21-19(20-5-2)22-14-9-10-17-15-24(23-16(17)3)18-11-7-6-8-12-18;/h1,6-8,11-12,15H,5,9-10,13-14H2,2-3H3,(H2,20,21,22);1H. The Kier molecular flexibility index (Phi) is 9.70. The Morgan fingerprint density at radius 1 is 1.28 bits per heavy atom. The van der Waals surface area contributed by atoms with Crippen molar-refractivity contribution >= 4 is 29.9 Å². The predicted octanol–water partition coefficient (Wildman–Crippen LogP) is 2.92. The summed E-state index contributed by atoms with van der Waals surface area (Å²) in [5, 5.41) is 10.9. The average molecular weight is 451 g/mol. The Bertz CT molecular complexity index is 700. The molecule has 0 amide bonds. The van der Waals surface area contributed by atoms with Gasteiger partial charge in [0, 0.05) is 19.3 Å². The maximum atomic E-state index is 5.27. The number of aliphatic imine (C=N–C) groups is 1. The minimum absolute atomic E-state index is 0. The van der Waals surface area contributed by atoms with Crippen molar-refractivity contribution in [3.8, 4) is 18.0 Å². The molecule has 25 heavy (non-hydrogen) atoms. The van der Waals surface area contributed by atoms with Crippen LogP contribution in [0.15, 0.2) is 41.5 Å². The molecule has 6 heteroatoms. The van der Waals surface area contributed by atoms with E-state index < -0.39 is 0 Å². The molecular weight excluding hydrogens is 425 g/mol. The third-order valence-electron chi connectivity index (χ3n) is 3.60. The topological polar surface area (TPSA) is 54.2 Å². The largest absolute Gasteiger partial charge is 0.357 e. The average Bonchev–Trinajstić information content (AvgIpc) is 2.98. The smallest absolute Gasteiger partial charge is 0.192 e. The molecule has 2 rings (SSSR count). The monoisotopic (exact) mass is 451 g/mol. The quantitative estimate of drug-likeness (QED) is 0.224. The highest BCUT2D eigenvalue weighted by molar-refractivity contribution is 14.0. The number of terminal acetylenes is 1. The number of nitrogens with one attached hydrogen (secondary N) is 2. The van der Waals surface area contributed by atoms with Crippen LogP contribution in [0.3, 0.4) is 0 Å². The van der Waals surface area contributed by atoms with Crippen LogP contribution < -0.4 is 10.6 Å². The van der Waals surface area contributed by atoms with Crippen molar-refractivity contribution in [2.24, 2.45) is 4.99 Å². The van der Waals surface area contributed by atoms with E-state index in [1.807, 2.05) is 29.8 Å². The molecule has 0 spiro atoms. The number of nitrogens with zero attached hydrogens (tertiary/aromatic N) is 3. The van der Waals surface area contributed by atoms with Crippen molar-refractivity contribution in [1.29, 1.82) is 0 Å². The zero-order chi connectivity index (χ0) is 17.2. The minimum Gasteiger partial charge on any atom is -0.357 e. The van der Waals surface area contributed by atoms with Crippen LogP contribution in [-0.2, 0) is 6.42 Å². The van der Waals surface area contributed by atoms with Crippen LogP contribution in [0.4, 0.5) is 0 Å². The van der Waals surface area contributed by atoms with Gasteiger partial charge < -0.3 is 10.6 Å². The van der Waals surface area contributed by atoms with E-state index in [0.717, 1.165) is 43.3 Å². The van der Waals surface area contributed by atoms with Gasteiger partial charge in [-0.15, -0.1) is 30.4 Å². The van der Waals surface area contributed by atoms with Crippen LogP contribution in [0.25, 0.3) is 5.69 Å². The van der Waals surface area contributed by atoms with Crippen LogP contribution in [0.2, 0.25) is 0 Å². The van der Waals surface area contributed by atoms with Gasteiger partial charge in [0.25, 0.3) is 0 Å². The Morgan fingerprint density at radius 3 is 2.72 bits per heavy atom. The highest BCUT2D eigenvalue weighted by atomic mass is 127. The van der Waals surface area contributed by atoms with Crippen LogP contribution >= 0.6 is 24.0 Å². The molecule has 0 fully saturated rings. The number of guanidine groups is 1. The van der Waals surface area contributed by atoms with Crippen molar-refractivity contribution < 1.29 is 0 Å². The minimum atomic E-state index is 0. The summed E-state index contributed by atoms with van der Waals surface area (Å²) in [6.07, 6.45) is 9.29. The fourth-order valence-corrected chi connectivity index (χ4v) is 2.39. The second-order valence-corrected chi connectivity index (χ2v) is 5.44. The van der Waals surface area contributed by atoms with E-state index in [9.17, 15) is 0 Å². The molecule has 1 aromatic heterocycles. The van der Waals surface area contributed by atoms with Crippen LogP contribution in [-0.4, -0.2) is 35.4 Å². The van der Waals surface area contributed by atoms with E-state index in [0.29, 0.717) is 6.54 Å². The van der Waals surface area contributed by atoms with Crippen LogP contribution in [0.5, 0.6) is 0 Å². The van der Waals surface area contributed by atoms with Gasteiger partial charge in [0.2, 0.25) is 0 Å². The van der Waals surface area contributed by atoms with Gasteiger partial charge in [-0.05, 0) is 44.4 Å². The summed E-state index contributed by atoms with van der Waals surface area (Å²) in [5.41, 5.74) is 3.41. The van der Waals surface area contributed by atoms with E-state index in [1.54, 1.807) is 0 Å². The van der Waals surface area contributed by atoms with Crippen molar-refractivity contribution in [1.82, 2.24) is 20.4 Å². The van der Waals surface area contributed by atoms with Gasteiger partial charge in [-0.2, -0.15) is 5.10 Å². The lowest BCUT2D eigenvalue weighted by Gasteiger charge is -2.08. The van der Waals surface area contributed by atoms with Crippen LogP contribution in [0, 0.1) is 19.3 Å². The molecular formula is C19H26IN5. The molecule has 0 atom stereocenters. The second-order valence-electron chi connectivity index (χ2n) is 5.44. The number of hydrogen-bond acceptors (Lipinski definition) is 2. The van der Waals surface area contributed by atoms with E-state index in [-0.39, 0.29) is 24.0 Å². The lowest BCUT2D eigenvalue weighted by Crippen LogP contribution is -2.37. The van der Waals surface area contributed by atoms with Gasteiger partial charge in [-0.3, -0.25) is 4.99 Å². The predicted molar refractivity (Wildman–Crippen MR) is 115 cm³/mol. The third kappa shape index (κ3) is 6.78. The second kappa shape index (κ2) is 11.5. The Balaban J connectivity index is 0.00000312. The number of hydrogen-bond donors (Lipinski definition) is 2. The molecule has 0 unspecified atom stereocenters. The fourth-order valence-electron chi connectivity index (χ4n) is 2.39. The molecule has 0 aliphatic carbocycles. The summed E-state index contributed by atoms with van der Waals surface area (Å²) in [6.45, 7) is 6.13. The van der Waals surface area contributed by atoms with Crippen molar-refractivity contribution in [2.45, 2.75) is 26.7 Å². The fraction of sp³-hybridized carbons (Fsp3) is 0.368. The van der Waals surface area contributed by atoms with Crippen molar-refractivity contribution in [3.63, 3.8) is 0 Å². The summed E-state index contributed by atoms with van der Waals surface area (Å²) >= 11 is 0. The maximum absolute atomic E-state index is 5.27. The highest BCUT2D eigenvalue weighted by Crippen LogP contribution is 2.13. The van der Waals surface area contributed by atoms with Gasteiger partial charge in [0.05, 0.1) is 17.9 Å².